The number of ether oxygens (including phenoxy) is 3. The van der Waals surface area contributed by atoms with Crippen molar-refractivity contribution in [2.75, 3.05) is 98.4 Å². The van der Waals surface area contributed by atoms with Crippen molar-refractivity contribution in [3.8, 4) is 0 Å². The summed E-state index contributed by atoms with van der Waals surface area (Å²) in [5.74, 6) is 0. The van der Waals surface area contributed by atoms with Crippen LogP contribution in [0.1, 0.15) is 194 Å². The lowest BCUT2D eigenvalue weighted by Crippen LogP contribution is -2.65. The van der Waals surface area contributed by atoms with Crippen LogP contribution in [0.2, 0.25) is 0 Å². The Morgan fingerprint density at radius 1 is 0.397 bits per heavy atom. The molecule has 4 unspecified atom stereocenters. The first-order valence-electron chi connectivity index (χ1n) is 28.9. The van der Waals surface area contributed by atoms with Gasteiger partial charge in [0, 0.05) is 107 Å². The zero-order valence-electron chi connectivity index (χ0n) is 46.7. The molecule has 0 aromatic rings. The first-order valence-corrected chi connectivity index (χ1v) is 28.9. The highest BCUT2D eigenvalue weighted by molar-refractivity contribution is 5.06. The fourth-order valence-corrected chi connectivity index (χ4v) is 12.7. The van der Waals surface area contributed by atoms with Crippen LogP contribution in [-0.2, 0) is 14.2 Å². The zero-order valence-corrected chi connectivity index (χ0v) is 46.7. The highest BCUT2D eigenvalue weighted by atomic mass is 16.5. The molecule has 10 nitrogen and oxygen atoms in total. The van der Waals surface area contributed by atoms with E-state index in [2.05, 4.69) is 131 Å². The Morgan fingerprint density at radius 3 is 1.10 bits per heavy atom. The number of morpholine rings is 2. The second kappa shape index (κ2) is 26.7. The Balaban J connectivity index is 0.000000149. The van der Waals surface area contributed by atoms with Crippen LogP contribution in [0.25, 0.3) is 0 Å². The second-order valence-electron chi connectivity index (χ2n) is 25.7. The number of rotatable bonds is 7. The van der Waals surface area contributed by atoms with Crippen molar-refractivity contribution in [1.82, 2.24) is 34.3 Å². The van der Waals surface area contributed by atoms with Crippen molar-refractivity contribution in [1.29, 1.82) is 0 Å². The normalized spacial score (nSPS) is 30.8. The van der Waals surface area contributed by atoms with Crippen LogP contribution in [0, 0.1) is 10.8 Å². The average molecular weight is 959 g/mol. The third kappa shape index (κ3) is 15.8. The van der Waals surface area contributed by atoms with Crippen LogP contribution in [0.3, 0.4) is 0 Å². The van der Waals surface area contributed by atoms with Gasteiger partial charge in [0.25, 0.3) is 0 Å². The molecular weight excluding hydrogens is 843 g/mol. The average Bonchev–Trinajstić information content (AvgIpc) is 3.49. The maximum Gasteiger partial charge on any atom is 0.0936 e. The van der Waals surface area contributed by atoms with Crippen LogP contribution in [0.15, 0.2) is 0 Å². The van der Waals surface area contributed by atoms with Gasteiger partial charge in [-0.05, 0) is 205 Å². The summed E-state index contributed by atoms with van der Waals surface area (Å²) in [6.45, 7) is 49.9. The topological polar surface area (TPSA) is 50.4 Å². The van der Waals surface area contributed by atoms with Gasteiger partial charge in [-0.2, -0.15) is 0 Å². The first-order chi connectivity index (χ1) is 31.8. The molecule has 14 rings (SSSR count). The predicted octanol–water partition coefficient (Wildman–Crippen LogP) is 10.4. The molecule has 11 saturated heterocycles. The lowest BCUT2D eigenvalue weighted by molar-refractivity contribution is -0.185. The van der Waals surface area contributed by atoms with Crippen molar-refractivity contribution in [3.05, 3.63) is 0 Å². The molecule has 0 aromatic heterocycles. The summed E-state index contributed by atoms with van der Waals surface area (Å²) in [4.78, 5) is 17.8. The van der Waals surface area contributed by atoms with Gasteiger partial charge < -0.3 is 24.0 Å². The van der Waals surface area contributed by atoms with Crippen molar-refractivity contribution in [2.45, 2.75) is 266 Å². The Bertz CT molecular complexity index is 1330. The highest BCUT2D eigenvalue weighted by Crippen LogP contribution is 2.50. The predicted molar refractivity (Wildman–Crippen MR) is 289 cm³/mol. The van der Waals surface area contributed by atoms with Crippen LogP contribution in [0.4, 0.5) is 0 Å². The minimum absolute atomic E-state index is 0. The Hall–Kier alpha value is -0.400. The molecule has 400 valence electrons. The third-order valence-corrected chi connectivity index (χ3v) is 18.5. The highest BCUT2D eigenvalue weighted by Gasteiger charge is 2.50. The van der Waals surface area contributed by atoms with Crippen LogP contribution in [-0.4, -0.2) is 205 Å². The molecular formula is C58H115N7O3. The summed E-state index contributed by atoms with van der Waals surface area (Å²) in [6.07, 6.45) is 21.9. The molecule has 14 aliphatic rings. The summed E-state index contributed by atoms with van der Waals surface area (Å²) < 4.78 is 16.6. The third-order valence-electron chi connectivity index (χ3n) is 18.5. The lowest BCUT2D eigenvalue weighted by Gasteiger charge is -2.60. The number of nitrogens with zero attached hydrogens (tertiary/aromatic N) is 7. The van der Waals surface area contributed by atoms with Crippen molar-refractivity contribution in [3.63, 3.8) is 0 Å². The van der Waals surface area contributed by atoms with Crippen molar-refractivity contribution >= 4 is 0 Å². The van der Waals surface area contributed by atoms with Gasteiger partial charge in [0.1, 0.15) is 0 Å². The smallest absolute Gasteiger partial charge is 0.0936 e. The van der Waals surface area contributed by atoms with E-state index in [-0.39, 0.29) is 7.43 Å². The van der Waals surface area contributed by atoms with Gasteiger partial charge in [0.05, 0.1) is 44.2 Å². The standard InChI is InChI=1S/C9H17NO2.3C9H17N.C8H15NO.C7H15N.C6H13N.CH4/c1-7(2)10-3-9-6-11-4-8(10)5-12-9;2*1-8(2)10-6-9(7-10)4-3-5-9;1-8(2)10-7-6-9(10)4-3-5-9;1-6(2)9-4-7-3-8(5-9)10-7;1-7(2)8-5-3-4-6-8;1-6(2)7-4-3-5-7;/h7-9H,3-6H2,1-2H3;3*8H,3-7H2,1-2H3;6-8H,3-5H2,1-2H3;7H,3-6H2,1-2H3;6H,3-5H2,1-2H3;1H4. The first kappa shape index (κ1) is 58.5. The van der Waals surface area contributed by atoms with Crippen LogP contribution >= 0.6 is 0 Å². The SMILES string of the molecule is C.CC(C)N1CC2(CCC2)C1.CC(C)N1CC2(CCC2)C1.CC(C)N1CC2CC(C1)O2.CC(C)N1CC2COCC1CO2.CC(C)N1CCC1.CC(C)N1CCC12CCC2.CC(C)N1CCCC1. The Kier molecular flexibility index (Phi) is 23.0. The fraction of sp³-hybridized carbons (Fsp3) is 1.00. The largest absolute Gasteiger partial charge is 0.377 e. The summed E-state index contributed by atoms with van der Waals surface area (Å²) in [5.41, 5.74) is 2.36. The minimum atomic E-state index is 0. The maximum atomic E-state index is 5.62. The molecule has 3 spiro atoms. The van der Waals surface area contributed by atoms with E-state index in [9.17, 15) is 0 Å². The summed E-state index contributed by atoms with van der Waals surface area (Å²) in [5, 5.41) is 0. The van der Waals surface area contributed by atoms with Crippen molar-refractivity contribution in [2.24, 2.45) is 10.8 Å². The zero-order chi connectivity index (χ0) is 48.5. The molecule has 3 saturated carbocycles. The molecule has 11 heterocycles. The van der Waals surface area contributed by atoms with E-state index in [4.69, 9.17) is 14.2 Å². The molecule has 10 heteroatoms. The van der Waals surface area contributed by atoms with E-state index >= 15 is 0 Å². The molecule has 3 aliphatic carbocycles. The summed E-state index contributed by atoms with van der Waals surface area (Å²) >= 11 is 0. The summed E-state index contributed by atoms with van der Waals surface area (Å²) in [6, 6.07) is 5.72. The van der Waals surface area contributed by atoms with Crippen LogP contribution in [0.5, 0.6) is 0 Å². The fourth-order valence-electron chi connectivity index (χ4n) is 12.7. The maximum absolute atomic E-state index is 5.62. The van der Waals surface area contributed by atoms with E-state index in [0.717, 1.165) is 80.5 Å². The van der Waals surface area contributed by atoms with Crippen molar-refractivity contribution < 1.29 is 14.2 Å². The molecule has 0 N–H and O–H groups in total. The van der Waals surface area contributed by atoms with Gasteiger partial charge in [-0.3, -0.25) is 24.5 Å². The molecule has 11 aliphatic heterocycles. The van der Waals surface area contributed by atoms with Gasteiger partial charge in [0.2, 0.25) is 0 Å². The second-order valence-corrected chi connectivity index (χ2v) is 25.7. The lowest BCUT2D eigenvalue weighted by atomic mass is 9.63. The Morgan fingerprint density at radius 2 is 0.838 bits per heavy atom. The van der Waals surface area contributed by atoms with Gasteiger partial charge >= 0.3 is 0 Å². The number of hydrogen-bond donors (Lipinski definition) is 0. The number of hydrogen-bond acceptors (Lipinski definition) is 10. The monoisotopic (exact) mass is 958 g/mol. The molecule has 0 aromatic carbocycles. The molecule has 0 radical (unpaired) electrons. The molecule has 14 fully saturated rings. The molecule has 4 atom stereocenters. The Labute approximate surface area is 422 Å². The molecule has 0 amide bonds. The molecule has 68 heavy (non-hydrogen) atoms. The minimum Gasteiger partial charge on any atom is -0.377 e. The van der Waals surface area contributed by atoms with Gasteiger partial charge in [-0.15, -0.1) is 0 Å². The number of piperidine rings is 1. The molecule has 4 bridgehead atoms. The van der Waals surface area contributed by atoms with Gasteiger partial charge in [-0.1, -0.05) is 20.3 Å². The van der Waals surface area contributed by atoms with E-state index in [0.29, 0.717) is 42.0 Å². The number of fused-ring (bicyclic) bond motifs is 6. The van der Waals surface area contributed by atoms with Gasteiger partial charge in [0.15, 0.2) is 0 Å². The van der Waals surface area contributed by atoms with Crippen LogP contribution < -0.4 is 0 Å². The quantitative estimate of drug-likeness (QED) is 0.247. The van der Waals surface area contributed by atoms with E-state index in [1.807, 2.05) is 0 Å². The van der Waals surface area contributed by atoms with Gasteiger partial charge in [-0.25, -0.2) is 0 Å². The van der Waals surface area contributed by atoms with E-state index < -0.39 is 0 Å². The summed E-state index contributed by atoms with van der Waals surface area (Å²) in [7, 11) is 0. The number of likely N-dealkylation sites (tertiary alicyclic amines) is 5. The van der Waals surface area contributed by atoms with E-state index in [1.165, 1.54) is 149 Å². The van der Waals surface area contributed by atoms with E-state index in [1.54, 1.807) is 0 Å².